The van der Waals surface area contributed by atoms with Gasteiger partial charge in [0.15, 0.2) is 6.29 Å². The number of aldehydes is 1. The molecule has 2 nitrogen and oxygen atoms in total. The first-order chi connectivity index (χ1) is 6.29. The SMILES string of the molecule is O=Cc1cccc(C=CCBr)c1O. The molecule has 0 atom stereocenters. The maximum absolute atomic E-state index is 10.5. The average molecular weight is 241 g/mol. The van der Waals surface area contributed by atoms with Gasteiger partial charge in [-0.25, -0.2) is 0 Å². The number of phenolic OH excluding ortho intramolecular Hbond substituents is 1. The Hall–Kier alpha value is -1.09. The fraction of sp³-hybridized carbons (Fsp3) is 0.100. The first-order valence-electron chi connectivity index (χ1n) is 3.79. The number of carbonyl (C=O) groups is 1. The minimum absolute atomic E-state index is 0.0368. The van der Waals surface area contributed by atoms with E-state index in [1.165, 1.54) is 0 Å². The van der Waals surface area contributed by atoms with E-state index in [2.05, 4.69) is 15.9 Å². The van der Waals surface area contributed by atoms with Crippen LogP contribution in [0.4, 0.5) is 0 Å². The molecular weight excluding hydrogens is 232 g/mol. The number of halogens is 1. The number of allylic oxidation sites excluding steroid dienone is 1. The van der Waals surface area contributed by atoms with E-state index in [9.17, 15) is 9.90 Å². The van der Waals surface area contributed by atoms with E-state index in [-0.39, 0.29) is 5.75 Å². The van der Waals surface area contributed by atoms with Crippen LogP contribution in [-0.4, -0.2) is 16.7 Å². The summed E-state index contributed by atoms with van der Waals surface area (Å²) >= 11 is 3.23. The summed E-state index contributed by atoms with van der Waals surface area (Å²) in [5, 5.41) is 10.2. The molecule has 0 heterocycles. The smallest absolute Gasteiger partial charge is 0.153 e. The number of carbonyl (C=O) groups excluding carboxylic acids is 1. The second-order valence-corrected chi connectivity index (χ2v) is 3.11. The molecular formula is C10H9BrO2. The molecule has 3 heteroatoms. The Labute approximate surface area is 85.0 Å². The van der Waals surface area contributed by atoms with Crippen molar-refractivity contribution < 1.29 is 9.90 Å². The second-order valence-electron chi connectivity index (χ2n) is 2.46. The lowest BCUT2D eigenvalue weighted by Gasteiger charge is -2.00. The molecule has 0 aromatic heterocycles. The number of rotatable bonds is 3. The number of aromatic hydroxyl groups is 1. The fourth-order valence-corrected chi connectivity index (χ4v) is 1.17. The van der Waals surface area contributed by atoms with Crippen LogP contribution in [0.15, 0.2) is 24.3 Å². The molecule has 1 rings (SSSR count). The summed E-state index contributed by atoms with van der Waals surface area (Å²) in [7, 11) is 0. The van der Waals surface area contributed by atoms with Crippen molar-refractivity contribution >= 4 is 28.3 Å². The number of hydrogen-bond acceptors (Lipinski definition) is 2. The highest BCUT2D eigenvalue weighted by Gasteiger charge is 2.02. The van der Waals surface area contributed by atoms with Crippen molar-refractivity contribution in [3.63, 3.8) is 0 Å². The normalized spacial score (nSPS) is 10.5. The monoisotopic (exact) mass is 240 g/mol. The zero-order chi connectivity index (χ0) is 9.68. The molecule has 0 aliphatic heterocycles. The molecule has 0 radical (unpaired) electrons. The Bertz CT molecular complexity index is 332. The quantitative estimate of drug-likeness (QED) is 0.652. The van der Waals surface area contributed by atoms with E-state index in [0.29, 0.717) is 17.4 Å². The van der Waals surface area contributed by atoms with Crippen molar-refractivity contribution in [3.8, 4) is 5.75 Å². The van der Waals surface area contributed by atoms with Gasteiger partial charge >= 0.3 is 0 Å². The highest BCUT2D eigenvalue weighted by molar-refractivity contribution is 9.09. The molecule has 0 spiro atoms. The minimum Gasteiger partial charge on any atom is -0.507 e. The predicted molar refractivity (Wildman–Crippen MR) is 56.3 cm³/mol. The number of alkyl halides is 1. The lowest BCUT2D eigenvalue weighted by Crippen LogP contribution is -1.83. The lowest BCUT2D eigenvalue weighted by molar-refractivity contribution is 0.112. The first kappa shape index (κ1) is 9.99. The van der Waals surface area contributed by atoms with E-state index >= 15 is 0 Å². The molecule has 13 heavy (non-hydrogen) atoms. The zero-order valence-electron chi connectivity index (χ0n) is 6.90. The Kier molecular flexibility index (Phi) is 3.71. The highest BCUT2D eigenvalue weighted by atomic mass is 79.9. The molecule has 68 valence electrons. The minimum atomic E-state index is 0.0368. The van der Waals surface area contributed by atoms with Crippen molar-refractivity contribution in [2.75, 3.05) is 5.33 Å². The molecule has 0 saturated carbocycles. The standard InChI is InChI=1S/C10H9BrO2/c11-6-2-5-8-3-1-4-9(7-12)10(8)13/h1-5,7,13H,6H2. The van der Waals surface area contributed by atoms with Crippen LogP contribution in [-0.2, 0) is 0 Å². The zero-order valence-corrected chi connectivity index (χ0v) is 8.49. The van der Waals surface area contributed by atoms with Gasteiger partial charge < -0.3 is 5.11 Å². The largest absolute Gasteiger partial charge is 0.507 e. The van der Waals surface area contributed by atoms with Crippen LogP contribution in [0, 0.1) is 0 Å². The van der Waals surface area contributed by atoms with Crippen molar-refractivity contribution in [2.45, 2.75) is 0 Å². The molecule has 0 bridgehead atoms. The van der Waals surface area contributed by atoms with E-state index in [4.69, 9.17) is 0 Å². The van der Waals surface area contributed by atoms with Crippen molar-refractivity contribution in [3.05, 3.63) is 35.4 Å². The van der Waals surface area contributed by atoms with Crippen LogP contribution in [0.5, 0.6) is 5.75 Å². The van der Waals surface area contributed by atoms with E-state index in [1.54, 1.807) is 24.3 Å². The Morgan fingerprint density at radius 1 is 1.38 bits per heavy atom. The molecule has 0 fully saturated rings. The predicted octanol–water partition coefficient (Wildman–Crippen LogP) is 2.61. The molecule has 0 saturated heterocycles. The number of para-hydroxylation sites is 1. The van der Waals surface area contributed by atoms with Crippen LogP contribution in [0.2, 0.25) is 0 Å². The molecule has 0 amide bonds. The van der Waals surface area contributed by atoms with Gasteiger partial charge in [-0.2, -0.15) is 0 Å². The molecule has 1 N–H and O–H groups in total. The Balaban J connectivity index is 3.08. The van der Waals surface area contributed by atoms with Crippen molar-refractivity contribution in [2.24, 2.45) is 0 Å². The van der Waals surface area contributed by atoms with E-state index in [0.717, 1.165) is 5.33 Å². The van der Waals surface area contributed by atoms with Crippen LogP contribution in [0.25, 0.3) is 6.08 Å². The highest BCUT2D eigenvalue weighted by Crippen LogP contribution is 2.21. The third kappa shape index (κ3) is 2.42. The van der Waals surface area contributed by atoms with E-state index in [1.807, 2.05) is 6.08 Å². The summed E-state index contributed by atoms with van der Waals surface area (Å²) in [5.74, 6) is 0.0368. The topological polar surface area (TPSA) is 37.3 Å². The summed E-state index contributed by atoms with van der Waals surface area (Å²) in [6.07, 6.45) is 4.25. The fourth-order valence-electron chi connectivity index (χ4n) is 0.981. The van der Waals surface area contributed by atoms with Gasteiger partial charge in [-0.3, -0.25) is 4.79 Å². The molecule has 0 aliphatic rings. The van der Waals surface area contributed by atoms with Gasteiger partial charge in [-0.05, 0) is 6.07 Å². The third-order valence-corrected chi connectivity index (χ3v) is 1.99. The van der Waals surface area contributed by atoms with Crippen LogP contribution in [0.3, 0.4) is 0 Å². The number of phenols is 1. The van der Waals surface area contributed by atoms with Gasteiger partial charge in [0.2, 0.25) is 0 Å². The Morgan fingerprint density at radius 2 is 2.08 bits per heavy atom. The van der Waals surface area contributed by atoms with E-state index < -0.39 is 0 Å². The molecule has 0 unspecified atom stereocenters. The summed E-state index contributed by atoms with van der Waals surface area (Å²) in [5.41, 5.74) is 0.973. The van der Waals surface area contributed by atoms with Gasteiger partial charge in [0, 0.05) is 10.9 Å². The maximum Gasteiger partial charge on any atom is 0.153 e. The van der Waals surface area contributed by atoms with Crippen LogP contribution >= 0.6 is 15.9 Å². The second kappa shape index (κ2) is 4.82. The Morgan fingerprint density at radius 3 is 2.69 bits per heavy atom. The maximum atomic E-state index is 10.5. The third-order valence-electron chi connectivity index (χ3n) is 1.61. The van der Waals surface area contributed by atoms with Crippen molar-refractivity contribution in [1.29, 1.82) is 0 Å². The molecule has 1 aromatic carbocycles. The number of benzene rings is 1. The van der Waals surface area contributed by atoms with Gasteiger partial charge in [-0.1, -0.05) is 40.2 Å². The average Bonchev–Trinajstić information content (AvgIpc) is 2.16. The summed E-state index contributed by atoms with van der Waals surface area (Å²) in [6, 6.07) is 5.06. The molecule has 1 aromatic rings. The summed E-state index contributed by atoms with van der Waals surface area (Å²) < 4.78 is 0. The van der Waals surface area contributed by atoms with Gasteiger partial charge in [-0.15, -0.1) is 0 Å². The van der Waals surface area contributed by atoms with Gasteiger partial charge in [0.05, 0.1) is 5.56 Å². The summed E-state index contributed by atoms with van der Waals surface area (Å²) in [4.78, 5) is 10.5. The first-order valence-corrected chi connectivity index (χ1v) is 4.91. The van der Waals surface area contributed by atoms with Crippen LogP contribution in [0.1, 0.15) is 15.9 Å². The summed E-state index contributed by atoms with van der Waals surface area (Å²) in [6.45, 7) is 0. The van der Waals surface area contributed by atoms with Crippen molar-refractivity contribution in [1.82, 2.24) is 0 Å². The lowest BCUT2D eigenvalue weighted by atomic mass is 10.1. The number of hydrogen-bond donors (Lipinski definition) is 1. The van der Waals surface area contributed by atoms with Gasteiger partial charge in [0.25, 0.3) is 0 Å². The molecule has 0 aliphatic carbocycles. The van der Waals surface area contributed by atoms with Gasteiger partial charge in [0.1, 0.15) is 5.75 Å². The van der Waals surface area contributed by atoms with Crippen LogP contribution < -0.4 is 0 Å².